The molecule has 2 saturated carbocycles. The summed E-state index contributed by atoms with van der Waals surface area (Å²) in [7, 11) is 0. The molecule has 0 aliphatic heterocycles. The van der Waals surface area contributed by atoms with Crippen LogP contribution in [0.2, 0.25) is 0 Å². The van der Waals surface area contributed by atoms with E-state index in [1.807, 2.05) is 18.6 Å². The molecule has 2 aromatic heterocycles. The maximum absolute atomic E-state index is 6.22. The van der Waals surface area contributed by atoms with E-state index in [0.717, 1.165) is 43.7 Å². The summed E-state index contributed by atoms with van der Waals surface area (Å²) in [6.45, 7) is 2.88. The van der Waals surface area contributed by atoms with Crippen molar-refractivity contribution >= 4 is 11.8 Å². The predicted octanol–water partition coefficient (Wildman–Crippen LogP) is 5.49. The molecule has 1 aromatic carbocycles. The van der Waals surface area contributed by atoms with E-state index >= 15 is 0 Å². The molecule has 3 aromatic rings. The van der Waals surface area contributed by atoms with Crippen molar-refractivity contribution in [1.82, 2.24) is 15.3 Å². The molecule has 2 heterocycles. The molecule has 5 rings (SSSR count). The minimum atomic E-state index is -0.0247. The van der Waals surface area contributed by atoms with E-state index < -0.39 is 0 Å². The average Bonchev–Trinajstić information content (AvgIpc) is 3.70. The lowest BCUT2D eigenvalue weighted by Crippen LogP contribution is -2.29. The van der Waals surface area contributed by atoms with Crippen LogP contribution >= 0.6 is 11.8 Å². The first-order chi connectivity index (χ1) is 14.7. The molecule has 2 aliphatic carbocycles. The first-order valence-electron chi connectivity index (χ1n) is 10.6. The molecule has 0 bridgehead atoms. The molecule has 154 valence electrons. The molecule has 0 atom stereocenters. The Hall–Kier alpha value is -2.37. The number of nitrogens with zero attached hydrogens (tertiary/aromatic N) is 2. The third-order valence-electron chi connectivity index (χ3n) is 6.00. The minimum Gasteiger partial charge on any atom is -0.490 e. The lowest BCUT2D eigenvalue weighted by molar-refractivity contribution is 0.304. The third kappa shape index (κ3) is 3.96. The fourth-order valence-electron chi connectivity index (χ4n) is 4.02. The first-order valence-corrected chi connectivity index (χ1v) is 11.9. The van der Waals surface area contributed by atoms with Gasteiger partial charge in [0.25, 0.3) is 0 Å². The predicted molar refractivity (Wildman–Crippen MR) is 122 cm³/mol. The summed E-state index contributed by atoms with van der Waals surface area (Å²) >= 11 is 1.75. The van der Waals surface area contributed by atoms with E-state index in [-0.39, 0.29) is 5.54 Å². The molecule has 2 fully saturated rings. The number of thioether (sulfide) groups is 1. The van der Waals surface area contributed by atoms with Crippen molar-refractivity contribution in [2.75, 3.05) is 6.26 Å². The highest BCUT2D eigenvalue weighted by Crippen LogP contribution is 2.50. The Morgan fingerprint density at radius 2 is 1.97 bits per heavy atom. The van der Waals surface area contributed by atoms with E-state index in [1.165, 1.54) is 27.1 Å². The fourth-order valence-corrected chi connectivity index (χ4v) is 4.58. The first kappa shape index (κ1) is 19.6. The van der Waals surface area contributed by atoms with E-state index in [2.05, 4.69) is 64.9 Å². The molecular weight excluding hydrogens is 390 g/mol. The molecule has 0 spiro atoms. The molecule has 0 amide bonds. The summed E-state index contributed by atoms with van der Waals surface area (Å²) < 4.78 is 6.22. The topological polar surface area (TPSA) is 47.0 Å². The Morgan fingerprint density at radius 1 is 1.13 bits per heavy atom. The van der Waals surface area contributed by atoms with Crippen LogP contribution in [0, 0.1) is 6.92 Å². The van der Waals surface area contributed by atoms with Crippen molar-refractivity contribution in [3.05, 3.63) is 71.8 Å². The minimum absolute atomic E-state index is 0.0247. The monoisotopic (exact) mass is 417 g/mol. The van der Waals surface area contributed by atoms with Crippen molar-refractivity contribution < 1.29 is 4.74 Å². The molecule has 2 aliphatic rings. The maximum Gasteiger partial charge on any atom is 0.127 e. The molecule has 0 unspecified atom stereocenters. The second kappa shape index (κ2) is 8.05. The van der Waals surface area contributed by atoms with E-state index in [1.54, 1.807) is 11.8 Å². The zero-order chi connectivity index (χ0) is 20.6. The molecule has 4 nitrogen and oxygen atoms in total. The van der Waals surface area contributed by atoms with Gasteiger partial charge in [0.1, 0.15) is 5.75 Å². The van der Waals surface area contributed by atoms with Crippen LogP contribution in [0.5, 0.6) is 5.75 Å². The van der Waals surface area contributed by atoms with Gasteiger partial charge in [-0.25, -0.2) is 0 Å². The summed E-state index contributed by atoms with van der Waals surface area (Å²) in [5, 5.41) is 3.87. The van der Waals surface area contributed by atoms with Crippen LogP contribution in [0.3, 0.4) is 0 Å². The number of aryl methyl sites for hydroxylation is 1. The second-order valence-corrected chi connectivity index (χ2v) is 9.16. The van der Waals surface area contributed by atoms with Crippen molar-refractivity contribution in [2.45, 2.75) is 55.7 Å². The number of hydrogen-bond acceptors (Lipinski definition) is 5. The number of pyridine rings is 2. The number of para-hydroxylation sites is 1. The SMILES string of the molecule is CSc1cnc(C)cc1CNC1(c2cnccc2-c2ccccc2OC2CC2)CC1. The third-order valence-corrected chi connectivity index (χ3v) is 6.81. The van der Waals surface area contributed by atoms with Gasteiger partial charge in [0.15, 0.2) is 0 Å². The maximum atomic E-state index is 6.22. The van der Waals surface area contributed by atoms with Crippen LogP contribution < -0.4 is 10.1 Å². The van der Waals surface area contributed by atoms with Crippen LogP contribution in [0.4, 0.5) is 0 Å². The van der Waals surface area contributed by atoms with Crippen LogP contribution in [0.1, 0.15) is 42.5 Å². The number of hydrogen-bond donors (Lipinski definition) is 1. The Labute approximate surface area is 182 Å². The molecule has 1 N–H and O–H groups in total. The Kier molecular flexibility index (Phi) is 5.25. The molecule has 5 heteroatoms. The van der Waals surface area contributed by atoms with Crippen LogP contribution in [-0.4, -0.2) is 22.3 Å². The van der Waals surface area contributed by atoms with Gasteiger partial charge in [-0.1, -0.05) is 18.2 Å². The lowest BCUT2D eigenvalue weighted by atomic mass is 9.94. The highest BCUT2D eigenvalue weighted by Gasteiger charge is 2.45. The van der Waals surface area contributed by atoms with Crippen LogP contribution in [-0.2, 0) is 12.1 Å². The second-order valence-electron chi connectivity index (χ2n) is 8.31. The molecule has 0 saturated heterocycles. The Morgan fingerprint density at radius 3 is 2.73 bits per heavy atom. The van der Waals surface area contributed by atoms with Crippen molar-refractivity contribution in [1.29, 1.82) is 0 Å². The molecule has 30 heavy (non-hydrogen) atoms. The molecular formula is C25H27N3OS. The van der Waals surface area contributed by atoms with Gasteiger partial charge in [0.05, 0.1) is 6.10 Å². The summed E-state index contributed by atoms with van der Waals surface area (Å²) in [5.74, 6) is 0.984. The van der Waals surface area contributed by atoms with E-state index in [0.29, 0.717) is 6.10 Å². The van der Waals surface area contributed by atoms with Gasteiger partial charge < -0.3 is 10.1 Å². The Bertz CT molecular complexity index is 1060. The van der Waals surface area contributed by atoms with Crippen molar-refractivity contribution in [3.63, 3.8) is 0 Å². The molecule has 0 radical (unpaired) electrons. The Balaban J connectivity index is 1.45. The highest BCUT2D eigenvalue weighted by molar-refractivity contribution is 7.98. The van der Waals surface area contributed by atoms with Crippen molar-refractivity contribution in [3.8, 4) is 16.9 Å². The fraction of sp³-hybridized carbons (Fsp3) is 0.360. The zero-order valence-corrected chi connectivity index (χ0v) is 18.3. The average molecular weight is 418 g/mol. The van der Waals surface area contributed by atoms with Gasteiger partial charge in [0, 0.05) is 46.8 Å². The number of nitrogens with one attached hydrogen (secondary N) is 1. The largest absolute Gasteiger partial charge is 0.490 e. The van der Waals surface area contributed by atoms with E-state index in [9.17, 15) is 0 Å². The summed E-state index contributed by atoms with van der Waals surface area (Å²) in [5.41, 5.74) is 6.00. The summed E-state index contributed by atoms with van der Waals surface area (Å²) in [6, 6.07) is 12.7. The lowest BCUT2D eigenvalue weighted by Gasteiger charge is -2.23. The quantitative estimate of drug-likeness (QED) is 0.491. The van der Waals surface area contributed by atoms with Gasteiger partial charge >= 0.3 is 0 Å². The summed E-state index contributed by atoms with van der Waals surface area (Å²) in [6.07, 6.45) is 13.0. The van der Waals surface area contributed by atoms with Gasteiger partial charge in [0.2, 0.25) is 0 Å². The number of rotatable bonds is 8. The normalized spacial score (nSPS) is 17.0. The van der Waals surface area contributed by atoms with Gasteiger partial charge in [-0.2, -0.15) is 0 Å². The van der Waals surface area contributed by atoms with Crippen molar-refractivity contribution in [2.24, 2.45) is 0 Å². The summed E-state index contributed by atoms with van der Waals surface area (Å²) in [4.78, 5) is 10.2. The number of benzene rings is 1. The van der Waals surface area contributed by atoms with Gasteiger partial charge in [-0.3, -0.25) is 9.97 Å². The van der Waals surface area contributed by atoms with Crippen LogP contribution in [0.25, 0.3) is 11.1 Å². The standard InChI is InChI=1S/C25H27N3OS/c1-17-13-18(24(30-2)16-27-17)14-28-25(10-11-25)22-15-26-12-9-20(22)21-5-3-4-6-23(21)29-19-7-8-19/h3-6,9,12-13,15-16,19,28H,7-8,10-11,14H2,1-2H3. The number of aromatic nitrogens is 2. The number of ether oxygens (including phenoxy) is 1. The zero-order valence-electron chi connectivity index (χ0n) is 17.5. The van der Waals surface area contributed by atoms with Gasteiger partial charge in [-0.15, -0.1) is 11.8 Å². The highest BCUT2D eigenvalue weighted by atomic mass is 32.2. The smallest absolute Gasteiger partial charge is 0.127 e. The van der Waals surface area contributed by atoms with E-state index in [4.69, 9.17) is 4.74 Å². The van der Waals surface area contributed by atoms with Gasteiger partial charge in [-0.05, 0) is 73.8 Å². The van der Waals surface area contributed by atoms with Crippen LogP contribution in [0.15, 0.2) is 59.9 Å².